The molecule has 2 fully saturated rings. The molecule has 0 saturated carbocycles. The van der Waals surface area contributed by atoms with E-state index < -0.39 is 12.0 Å². The number of amides is 2. The lowest BCUT2D eigenvalue weighted by atomic mass is 9.95. The smallest absolute Gasteiger partial charge is 0.326 e. The largest absolute Gasteiger partial charge is 0.480 e. The normalized spacial score (nSPS) is 31.6. The maximum absolute atomic E-state index is 12.5. The first kappa shape index (κ1) is 14.1. The summed E-state index contributed by atoms with van der Waals surface area (Å²) in [5, 5.41) is 9.14. The van der Waals surface area contributed by atoms with Crippen LogP contribution < -0.4 is 0 Å². The van der Waals surface area contributed by atoms with Crippen LogP contribution in [0.25, 0.3) is 0 Å². The summed E-state index contributed by atoms with van der Waals surface area (Å²) in [5.74, 6) is -0.905. The van der Waals surface area contributed by atoms with E-state index in [0.717, 1.165) is 19.3 Å². The van der Waals surface area contributed by atoms with Crippen LogP contribution in [0.15, 0.2) is 0 Å². The van der Waals surface area contributed by atoms with Gasteiger partial charge in [-0.05, 0) is 32.6 Å². The number of methoxy groups -OCH3 is 1. The predicted molar refractivity (Wildman–Crippen MR) is 69.0 cm³/mol. The summed E-state index contributed by atoms with van der Waals surface area (Å²) < 4.78 is 5.47. The minimum Gasteiger partial charge on any atom is -0.480 e. The zero-order valence-corrected chi connectivity index (χ0v) is 11.6. The molecule has 2 heterocycles. The highest BCUT2D eigenvalue weighted by Gasteiger charge is 2.39. The molecule has 2 atom stereocenters. The Labute approximate surface area is 113 Å². The molecule has 2 amide bonds. The minimum atomic E-state index is -0.905. The fraction of sp³-hybridized carbons (Fsp3) is 0.846. The van der Waals surface area contributed by atoms with E-state index in [9.17, 15) is 9.59 Å². The van der Waals surface area contributed by atoms with E-state index in [1.165, 1.54) is 4.90 Å². The number of carboxylic acid groups (broad SMARTS) is 1. The van der Waals surface area contributed by atoms with Gasteiger partial charge in [0.15, 0.2) is 0 Å². The predicted octanol–water partition coefficient (Wildman–Crippen LogP) is 1.16. The molecular formula is C13H22N2O4. The number of nitrogens with zero attached hydrogens (tertiary/aromatic N) is 2. The van der Waals surface area contributed by atoms with E-state index >= 15 is 0 Å². The first-order valence-corrected chi connectivity index (χ1v) is 6.80. The lowest BCUT2D eigenvalue weighted by Gasteiger charge is -2.41. The molecule has 2 aliphatic heterocycles. The highest BCUT2D eigenvalue weighted by molar-refractivity contribution is 5.83. The van der Waals surface area contributed by atoms with Crippen molar-refractivity contribution in [2.75, 3.05) is 26.7 Å². The van der Waals surface area contributed by atoms with Crippen LogP contribution >= 0.6 is 0 Å². The number of ether oxygens (including phenoxy) is 1. The molecule has 0 radical (unpaired) electrons. The quantitative estimate of drug-likeness (QED) is 0.817. The molecule has 1 N–H and O–H groups in total. The molecule has 2 saturated heterocycles. The van der Waals surface area contributed by atoms with Crippen LogP contribution in [0.4, 0.5) is 4.79 Å². The van der Waals surface area contributed by atoms with E-state index in [-0.39, 0.29) is 11.6 Å². The van der Waals surface area contributed by atoms with Crippen LogP contribution in [0.3, 0.4) is 0 Å². The first-order chi connectivity index (χ1) is 8.97. The van der Waals surface area contributed by atoms with Crippen LogP contribution in [-0.2, 0) is 9.53 Å². The summed E-state index contributed by atoms with van der Waals surface area (Å²) >= 11 is 0. The van der Waals surface area contributed by atoms with Crippen molar-refractivity contribution in [3.05, 3.63) is 0 Å². The molecule has 0 aromatic heterocycles. The van der Waals surface area contributed by atoms with E-state index in [1.807, 2.05) is 6.92 Å². The number of piperidine rings is 1. The standard InChI is InChI=1S/C13H22N2O4/c1-13(19-2)6-4-7-14(9-13)12(18)15-8-3-5-10(15)11(16)17/h10H,3-9H2,1-2H3,(H,16,17)/t10-,13?/m1/s1. The second-order valence-electron chi connectivity index (χ2n) is 5.65. The summed E-state index contributed by atoms with van der Waals surface area (Å²) in [6.45, 7) is 3.74. The van der Waals surface area contributed by atoms with Gasteiger partial charge in [-0.1, -0.05) is 0 Å². The van der Waals surface area contributed by atoms with Gasteiger partial charge in [0.25, 0.3) is 0 Å². The van der Waals surface area contributed by atoms with Gasteiger partial charge in [0, 0.05) is 20.2 Å². The third kappa shape index (κ3) is 2.83. The third-order valence-electron chi connectivity index (χ3n) is 4.21. The molecule has 1 unspecified atom stereocenters. The Morgan fingerprint density at radius 2 is 2.05 bits per heavy atom. The van der Waals surface area contributed by atoms with Gasteiger partial charge < -0.3 is 19.6 Å². The maximum Gasteiger partial charge on any atom is 0.326 e. The summed E-state index contributed by atoms with van der Waals surface area (Å²) in [4.78, 5) is 26.8. The average Bonchev–Trinajstić information content (AvgIpc) is 2.87. The Bertz CT molecular complexity index is 374. The lowest BCUT2D eigenvalue weighted by Crippen LogP contribution is -2.55. The van der Waals surface area contributed by atoms with Crippen LogP contribution in [0.5, 0.6) is 0 Å². The molecule has 0 aromatic carbocycles. The van der Waals surface area contributed by atoms with Crippen molar-refractivity contribution in [3.63, 3.8) is 0 Å². The summed E-state index contributed by atoms with van der Waals surface area (Å²) in [6.07, 6.45) is 3.13. The summed E-state index contributed by atoms with van der Waals surface area (Å²) in [7, 11) is 1.66. The second kappa shape index (κ2) is 5.36. The van der Waals surface area contributed by atoms with Gasteiger partial charge in [-0.2, -0.15) is 0 Å². The molecule has 108 valence electrons. The fourth-order valence-corrected chi connectivity index (χ4v) is 2.97. The monoisotopic (exact) mass is 270 g/mol. The van der Waals surface area contributed by atoms with Gasteiger partial charge in [-0.3, -0.25) is 0 Å². The molecule has 6 nitrogen and oxygen atoms in total. The van der Waals surface area contributed by atoms with E-state index in [4.69, 9.17) is 9.84 Å². The van der Waals surface area contributed by atoms with Crippen molar-refractivity contribution >= 4 is 12.0 Å². The van der Waals surface area contributed by atoms with E-state index in [0.29, 0.717) is 26.1 Å². The molecule has 19 heavy (non-hydrogen) atoms. The van der Waals surface area contributed by atoms with Crippen molar-refractivity contribution in [1.82, 2.24) is 9.80 Å². The summed E-state index contributed by atoms with van der Waals surface area (Å²) in [6, 6.07) is -0.823. The molecule has 2 aliphatic rings. The summed E-state index contributed by atoms with van der Waals surface area (Å²) in [5.41, 5.74) is -0.313. The van der Waals surface area contributed by atoms with Gasteiger partial charge in [0.2, 0.25) is 0 Å². The van der Waals surface area contributed by atoms with E-state index in [2.05, 4.69) is 0 Å². The van der Waals surface area contributed by atoms with Crippen LogP contribution in [0, 0.1) is 0 Å². The molecule has 6 heteroatoms. The Morgan fingerprint density at radius 1 is 1.32 bits per heavy atom. The Morgan fingerprint density at radius 3 is 2.68 bits per heavy atom. The molecule has 0 bridgehead atoms. The number of carbonyl (C=O) groups excluding carboxylic acids is 1. The maximum atomic E-state index is 12.5. The van der Waals surface area contributed by atoms with E-state index in [1.54, 1.807) is 12.0 Å². The average molecular weight is 270 g/mol. The zero-order chi connectivity index (χ0) is 14.0. The molecule has 2 rings (SSSR count). The SMILES string of the molecule is COC1(C)CCCN(C(=O)N2CCC[C@@H]2C(=O)O)C1. The number of rotatable bonds is 2. The van der Waals surface area contributed by atoms with Crippen LogP contribution in [-0.4, -0.2) is 65.3 Å². The number of aliphatic carboxylic acids is 1. The van der Waals surface area contributed by atoms with Crippen molar-refractivity contribution in [3.8, 4) is 0 Å². The van der Waals surface area contributed by atoms with Gasteiger partial charge in [0.1, 0.15) is 6.04 Å². The van der Waals surface area contributed by atoms with Crippen LogP contribution in [0.1, 0.15) is 32.6 Å². The topological polar surface area (TPSA) is 70.1 Å². The fourth-order valence-electron chi connectivity index (χ4n) is 2.97. The lowest BCUT2D eigenvalue weighted by molar-refractivity contribution is -0.141. The number of hydrogen-bond acceptors (Lipinski definition) is 3. The Kier molecular flexibility index (Phi) is 3.99. The number of carboxylic acids is 1. The van der Waals surface area contributed by atoms with Crippen molar-refractivity contribution in [2.45, 2.75) is 44.2 Å². The van der Waals surface area contributed by atoms with Crippen LogP contribution in [0.2, 0.25) is 0 Å². The molecular weight excluding hydrogens is 248 g/mol. The minimum absolute atomic E-state index is 0.159. The second-order valence-corrected chi connectivity index (χ2v) is 5.65. The number of hydrogen-bond donors (Lipinski definition) is 1. The first-order valence-electron chi connectivity index (χ1n) is 6.80. The van der Waals surface area contributed by atoms with Crippen molar-refractivity contribution in [1.29, 1.82) is 0 Å². The van der Waals surface area contributed by atoms with Gasteiger partial charge in [0.05, 0.1) is 12.1 Å². The number of likely N-dealkylation sites (tertiary alicyclic amines) is 2. The van der Waals surface area contributed by atoms with Crippen molar-refractivity contribution < 1.29 is 19.4 Å². The Balaban J connectivity index is 2.05. The van der Waals surface area contributed by atoms with Gasteiger partial charge in [-0.15, -0.1) is 0 Å². The molecule has 0 aromatic rings. The third-order valence-corrected chi connectivity index (χ3v) is 4.21. The van der Waals surface area contributed by atoms with Gasteiger partial charge in [-0.25, -0.2) is 9.59 Å². The van der Waals surface area contributed by atoms with Gasteiger partial charge >= 0.3 is 12.0 Å². The number of carbonyl (C=O) groups is 2. The molecule has 0 spiro atoms. The Hall–Kier alpha value is -1.30. The zero-order valence-electron chi connectivity index (χ0n) is 11.6. The molecule has 0 aliphatic carbocycles. The number of urea groups is 1. The highest BCUT2D eigenvalue weighted by Crippen LogP contribution is 2.26. The van der Waals surface area contributed by atoms with Crippen molar-refractivity contribution in [2.24, 2.45) is 0 Å². The highest BCUT2D eigenvalue weighted by atomic mass is 16.5.